The highest BCUT2D eigenvalue weighted by atomic mass is 16.5. The van der Waals surface area contributed by atoms with Gasteiger partial charge < -0.3 is 9.47 Å². The summed E-state index contributed by atoms with van der Waals surface area (Å²) in [5.41, 5.74) is 2.43. The van der Waals surface area contributed by atoms with Crippen LogP contribution < -0.4 is 9.47 Å². The van der Waals surface area contributed by atoms with Crippen molar-refractivity contribution in [2.75, 3.05) is 13.2 Å². The molecule has 2 heteroatoms. The van der Waals surface area contributed by atoms with Crippen molar-refractivity contribution in [1.82, 2.24) is 0 Å². The first kappa shape index (κ1) is 21.7. The molecule has 0 aromatic heterocycles. The van der Waals surface area contributed by atoms with Gasteiger partial charge in [-0.15, -0.1) is 0 Å². The summed E-state index contributed by atoms with van der Waals surface area (Å²) < 4.78 is 11.9. The van der Waals surface area contributed by atoms with Gasteiger partial charge in [-0.1, -0.05) is 63.3 Å². The van der Waals surface area contributed by atoms with Crippen LogP contribution in [0.5, 0.6) is 11.5 Å². The fourth-order valence-electron chi connectivity index (χ4n) is 3.94. The molecule has 0 atom stereocenters. The van der Waals surface area contributed by atoms with Gasteiger partial charge >= 0.3 is 0 Å². The molecule has 29 heavy (non-hydrogen) atoms. The Morgan fingerprint density at radius 2 is 1.24 bits per heavy atom. The lowest BCUT2D eigenvalue weighted by molar-refractivity contribution is 0.221. The molecule has 1 saturated carbocycles. The summed E-state index contributed by atoms with van der Waals surface area (Å²) in [7, 11) is 0. The van der Waals surface area contributed by atoms with E-state index in [0.29, 0.717) is 5.92 Å². The largest absolute Gasteiger partial charge is 0.494 e. The molecule has 157 valence electrons. The van der Waals surface area contributed by atoms with E-state index in [1.54, 1.807) is 0 Å². The zero-order valence-corrected chi connectivity index (χ0v) is 18.1. The maximum atomic E-state index is 6.01. The molecule has 1 radical (unpaired) electrons. The quantitative estimate of drug-likeness (QED) is 0.342. The van der Waals surface area contributed by atoms with Crippen molar-refractivity contribution in [1.29, 1.82) is 0 Å². The summed E-state index contributed by atoms with van der Waals surface area (Å²) in [6.07, 6.45) is 15.2. The van der Waals surface area contributed by atoms with Gasteiger partial charge in [0.2, 0.25) is 0 Å². The Balaban J connectivity index is 1.39. The van der Waals surface area contributed by atoms with Crippen molar-refractivity contribution in [2.45, 2.75) is 71.1 Å². The van der Waals surface area contributed by atoms with Crippen molar-refractivity contribution >= 4 is 0 Å². The van der Waals surface area contributed by atoms with E-state index in [9.17, 15) is 0 Å². The minimum absolute atomic E-state index is 0.712. The van der Waals surface area contributed by atoms with E-state index in [4.69, 9.17) is 9.47 Å². The van der Waals surface area contributed by atoms with Gasteiger partial charge in [0.1, 0.15) is 11.5 Å². The minimum Gasteiger partial charge on any atom is -0.494 e. The van der Waals surface area contributed by atoms with Crippen LogP contribution in [0.15, 0.2) is 48.5 Å². The summed E-state index contributed by atoms with van der Waals surface area (Å²) >= 11 is 0. The molecule has 0 saturated heterocycles. The molecule has 0 aliphatic heterocycles. The maximum absolute atomic E-state index is 6.01. The third kappa shape index (κ3) is 7.76. The maximum Gasteiger partial charge on any atom is 0.119 e. The smallest absolute Gasteiger partial charge is 0.119 e. The first-order valence-corrected chi connectivity index (χ1v) is 11.6. The highest BCUT2D eigenvalue weighted by Gasteiger charge is 2.14. The number of unbranched alkanes of at least 4 members (excludes halogenated alkanes) is 5. The molecule has 1 fully saturated rings. The number of hydrogen-bond acceptors (Lipinski definition) is 2. The molecule has 2 aromatic rings. The SMILES string of the molecule is CCCCCCCCOc1ccc(-c2ccc(OCC3CC[CH]CC3)cc2)cc1. The van der Waals surface area contributed by atoms with Crippen LogP contribution in [0.2, 0.25) is 0 Å². The van der Waals surface area contributed by atoms with E-state index < -0.39 is 0 Å². The summed E-state index contributed by atoms with van der Waals surface area (Å²) in [6.45, 7) is 3.92. The number of benzene rings is 2. The normalized spacial score (nSPS) is 14.7. The van der Waals surface area contributed by atoms with Gasteiger partial charge in [0.25, 0.3) is 0 Å². The second-order valence-corrected chi connectivity index (χ2v) is 8.29. The molecule has 0 heterocycles. The number of rotatable bonds is 12. The molecule has 0 amide bonds. The third-order valence-electron chi connectivity index (χ3n) is 5.85. The molecule has 1 aliphatic rings. The summed E-state index contributed by atoms with van der Waals surface area (Å²) in [5, 5.41) is 0. The number of hydrogen-bond donors (Lipinski definition) is 0. The predicted octanol–water partition coefficient (Wildman–Crippen LogP) is 7.87. The fraction of sp³-hybridized carbons (Fsp3) is 0.519. The summed E-state index contributed by atoms with van der Waals surface area (Å²) in [4.78, 5) is 0. The van der Waals surface area contributed by atoms with Crippen LogP contribution >= 0.6 is 0 Å². The molecule has 1 aliphatic carbocycles. The van der Waals surface area contributed by atoms with E-state index >= 15 is 0 Å². The molecule has 0 unspecified atom stereocenters. The zero-order chi connectivity index (χ0) is 20.2. The minimum atomic E-state index is 0.712. The molecule has 2 aromatic carbocycles. The van der Waals surface area contributed by atoms with Gasteiger partial charge in [-0.2, -0.15) is 0 Å². The molecule has 0 N–H and O–H groups in total. The van der Waals surface area contributed by atoms with E-state index in [-0.39, 0.29) is 0 Å². The molecular weight excluding hydrogens is 356 g/mol. The van der Waals surface area contributed by atoms with Crippen molar-refractivity contribution in [2.24, 2.45) is 5.92 Å². The van der Waals surface area contributed by atoms with Crippen LogP contribution in [0.3, 0.4) is 0 Å². The average Bonchev–Trinajstić information content (AvgIpc) is 2.79. The summed E-state index contributed by atoms with van der Waals surface area (Å²) in [5.74, 6) is 2.65. The Bertz CT molecular complexity index is 669. The Kier molecular flexibility index (Phi) is 9.42. The van der Waals surface area contributed by atoms with E-state index in [1.165, 1.54) is 68.9 Å². The van der Waals surface area contributed by atoms with E-state index in [2.05, 4.69) is 61.9 Å². The van der Waals surface area contributed by atoms with Crippen LogP contribution in [-0.2, 0) is 0 Å². The molecule has 2 nitrogen and oxygen atoms in total. The van der Waals surface area contributed by atoms with Crippen molar-refractivity contribution < 1.29 is 9.47 Å². The number of ether oxygens (including phenoxy) is 2. The van der Waals surface area contributed by atoms with Crippen LogP contribution in [0.25, 0.3) is 11.1 Å². The summed E-state index contributed by atoms with van der Waals surface area (Å²) in [6, 6.07) is 16.9. The van der Waals surface area contributed by atoms with Crippen molar-refractivity contribution in [3.8, 4) is 22.6 Å². The van der Waals surface area contributed by atoms with Crippen LogP contribution in [0.4, 0.5) is 0 Å². The van der Waals surface area contributed by atoms with Gasteiger partial charge in [0.15, 0.2) is 0 Å². The van der Waals surface area contributed by atoms with Crippen molar-refractivity contribution in [3.63, 3.8) is 0 Å². The monoisotopic (exact) mass is 393 g/mol. The Morgan fingerprint density at radius 1 is 0.690 bits per heavy atom. The Labute approximate surface area is 177 Å². The lowest BCUT2D eigenvalue weighted by atomic mass is 9.90. The van der Waals surface area contributed by atoms with Crippen LogP contribution in [0.1, 0.15) is 71.1 Å². The highest BCUT2D eigenvalue weighted by molar-refractivity contribution is 5.64. The highest BCUT2D eigenvalue weighted by Crippen LogP contribution is 2.27. The second kappa shape index (κ2) is 12.6. The van der Waals surface area contributed by atoms with Gasteiger partial charge in [-0.3, -0.25) is 0 Å². The van der Waals surface area contributed by atoms with Crippen molar-refractivity contribution in [3.05, 3.63) is 55.0 Å². The fourth-order valence-corrected chi connectivity index (χ4v) is 3.94. The first-order valence-electron chi connectivity index (χ1n) is 11.6. The van der Waals surface area contributed by atoms with Crippen LogP contribution in [-0.4, -0.2) is 13.2 Å². The van der Waals surface area contributed by atoms with Gasteiger partial charge in [-0.05, 0) is 79.8 Å². The molecular formula is C27H37O2. The topological polar surface area (TPSA) is 18.5 Å². The van der Waals surface area contributed by atoms with Gasteiger partial charge in [0, 0.05) is 0 Å². The van der Waals surface area contributed by atoms with Gasteiger partial charge in [0.05, 0.1) is 13.2 Å². The second-order valence-electron chi connectivity index (χ2n) is 8.29. The average molecular weight is 394 g/mol. The predicted molar refractivity (Wildman–Crippen MR) is 123 cm³/mol. The molecule has 3 rings (SSSR count). The molecule has 0 spiro atoms. The van der Waals surface area contributed by atoms with E-state index in [0.717, 1.165) is 31.1 Å². The lowest BCUT2D eigenvalue weighted by Crippen LogP contribution is -2.15. The Hall–Kier alpha value is -1.96. The van der Waals surface area contributed by atoms with E-state index in [1.807, 2.05) is 0 Å². The standard InChI is InChI=1S/C27H37O2/c1-2-3-4-5-6-10-21-28-26-17-13-24(14-18-26)25-15-19-27(20-16-25)29-22-23-11-8-7-9-12-23/h7,13-20,23H,2-6,8-12,21-22H2,1H3. The third-order valence-corrected chi connectivity index (χ3v) is 5.85. The Morgan fingerprint density at radius 3 is 1.86 bits per heavy atom. The lowest BCUT2D eigenvalue weighted by Gasteiger charge is -2.21. The zero-order valence-electron chi connectivity index (χ0n) is 18.1. The van der Waals surface area contributed by atoms with Gasteiger partial charge in [-0.25, -0.2) is 0 Å². The molecule has 0 bridgehead atoms. The first-order chi connectivity index (χ1) is 14.3. The van der Waals surface area contributed by atoms with Crippen LogP contribution in [0, 0.1) is 12.3 Å².